The van der Waals surface area contributed by atoms with Crippen molar-refractivity contribution >= 4 is 16.9 Å². The van der Waals surface area contributed by atoms with E-state index in [4.69, 9.17) is 0 Å². The van der Waals surface area contributed by atoms with Crippen LogP contribution in [0.3, 0.4) is 0 Å². The van der Waals surface area contributed by atoms with E-state index in [0.29, 0.717) is 12.6 Å². The Bertz CT molecular complexity index is 641. The van der Waals surface area contributed by atoms with Gasteiger partial charge in [0, 0.05) is 12.5 Å². The number of aromatic nitrogens is 2. The summed E-state index contributed by atoms with van der Waals surface area (Å²) in [7, 11) is 0. The van der Waals surface area contributed by atoms with Gasteiger partial charge in [-0.2, -0.15) is 0 Å². The van der Waals surface area contributed by atoms with Gasteiger partial charge in [0.15, 0.2) is 0 Å². The Morgan fingerprint density at radius 3 is 2.82 bits per heavy atom. The highest BCUT2D eigenvalue weighted by Gasteiger charge is 2.18. The molecule has 0 saturated heterocycles. The number of hydrogen-bond donors (Lipinski definition) is 1. The Morgan fingerprint density at radius 2 is 2.05 bits per heavy atom. The van der Waals surface area contributed by atoms with E-state index < -0.39 is 0 Å². The van der Waals surface area contributed by atoms with E-state index in [1.54, 1.807) is 0 Å². The fourth-order valence-corrected chi connectivity index (χ4v) is 3.38. The molecular formula is C18H25N3O. The first kappa shape index (κ1) is 15.1. The number of benzene rings is 1. The number of rotatable bonds is 5. The predicted octanol–water partition coefficient (Wildman–Crippen LogP) is 3.44. The maximum atomic E-state index is 12.4. The smallest absolute Gasteiger partial charge is 0.240 e. The minimum atomic E-state index is 0.118. The van der Waals surface area contributed by atoms with Crippen LogP contribution in [0.5, 0.6) is 0 Å². The van der Waals surface area contributed by atoms with Crippen LogP contribution in [0.15, 0.2) is 24.3 Å². The summed E-state index contributed by atoms with van der Waals surface area (Å²) in [6.45, 7) is 2.53. The van der Waals surface area contributed by atoms with Gasteiger partial charge < -0.3 is 9.88 Å². The van der Waals surface area contributed by atoms with Gasteiger partial charge >= 0.3 is 0 Å². The number of para-hydroxylation sites is 2. The van der Waals surface area contributed by atoms with E-state index >= 15 is 0 Å². The molecule has 1 heterocycles. The van der Waals surface area contributed by atoms with E-state index in [0.717, 1.165) is 42.5 Å². The number of carbonyl (C=O) groups excluding carboxylic acids is 1. The number of aryl methyl sites for hydroxylation is 1. The van der Waals surface area contributed by atoms with E-state index in [9.17, 15) is 4.79 Å². The number of nitrogens with zero attached hydrogens (tertiary/aromatic N) is 2. The minimum Gasteiger partial charge on any atom is -0.352 e. The molecule has 1 N–H and O–H groups in total. The van der Waals surface area contributed by atoms with Crippen LogP contribution < -0.4 is 5.32 Å². The van der Waals surface area contributed by atoms with Crippen molar-refractivity contribution in [1.82, 2.24) is 14.9 Å². The zero-order valence-electron chi connectivity index (χ0n) is 13.3. The Balaban J connectivity index is 1.76. The van der Waals surface area contributed by atoms with Crippen LogP contribution in [0.4, 0.5) is 0 Å². The number of hydrogen-bond acceptors (Lipinski definition) is 2. The summed E-state index contributed by atoms with van der Waals surface area (Å²) in [6, 6.07) is 8.44. The van der Waals surface area contributed by atoms with E-state index in [-0.39, 0.29) is 5.91 Å². The molecule has 1 aliphatic carbocycles. The minimum absolute atomic E-state index is 0.118. The SMILES string of the molecule is CCCc1nc2ccccc2n1CC(=O)NC1CCCCC1. The van der Waals surface area contributed by atoms with Gasteiger partial charge in [0.2, 0.25) is 5.91 Å². The molecule has 1 aliphatic rings. The van der Waals surface area contributed by atoms with Crippen molar-refractivity contribution < 1.29 is 4.79 Å². The lowest BCUT2D eigenvalue weighted by Gasteiger charge is -2.23. The van der Waals surface area contributed by atoms with E-state index in [1.165, 1.54) is 19.3 Å². The average molecular weight is 299 g/mol. The van der Waals surface area contributed by atoms with Gasteiger partial charge in [0.05, 0.1) is 11.0 Å². The fraction of sp³-hybridized carbons (Fsp3) is 0.556. The molecule has 0 bridgehead atoms. The predicted molar refractivity (Wildman–Crippen MR) is 88.7 cm³/mol. The molecule has 1 fully saturated rings. The van der Waals surface area contributed by atoms with Crippen LogP contribution in [-0.2, 0) is 17.8 Å². The Morgan fingerprint density at radius 1 is 1.27 bits per heavy atom. The molecule has 2 aromatic rings. The van der Waals surface area contributed by atoms with Crippen molar-refractivity contribution in [3.8, 4) is 0 Å². The molecule has 0 spiro atoms. The van der Waals surface area contributed by atoms with Gasteiger partial charge in [-0.1, -0.05) is 38.3 Å². The molecule has 0 unspecified atom stereocenters. The van der Waals surface area contributed by atoms with E-state index in [2.05, 4.69) is 27.9 Å². The lowest BCUT2D eigenvalue weighted by Crippen LogP contribution is -2.38. The summed E-state index contributed by atoms with van der Waals surface area (Å²) >= 11 is 0. The van der Waals surface area contributed by atoms with Gasteiger partial charge in [-0.25, -0.2) is 4.98 Å². The third-order valence-corrected chi connectivity index (χ3v) is 4.48. The number of amides is 1. The van der Waals surface area contributed by atoms with Gasteiger partial charge in [0.25, 0.3) is 0 Å². The lowest BCUT2D eigenvalue weighted by molar-refractivity contribution is -0.122. The second kappa shape index (κ2) is 6.95. The van der Waals surface area contributed by atoms with Gasteiger partial charge in [-0.3, -0.25) is 4.79 Å². The number of carbonyl (C=O) groups is 1. The second-order valence-corrected chi connectivity index (χ2v) is 6.26. The summed E-state index contributed by atoms with van der Waals surface area (Å²) in [5.74, 6) is 1.13. The molecule has 4 nitrogen and oxygen atoms in total. The molecule has 0 radical (unpaired) electrons. The standard InChI is InChI=1S/C18H25N3O/c1-2-8-17-20-15-11-6-7-12-16(15)21(17)13-18(22)19-14-9-4-3-5-10-14/h6-7,11-12,14H,2-5,8-10,13H2,1H3,(H,19,22). The molecule has 118 valence electrons. The average Bonchev–Trinajstić information content (AvgIpc) is 2.86. The second-order valence-electron chi connectivity index (χ2n) is 6.26. The zero-order valence-corrected chi connectivity index (χ0v) is 13.3. The summed E-state index contributed by atoms with van der Waals surface area (Å²) in [5, 5.41) is 3.20. The van der Waals surface area contributed by atoms with Crippen LogP contribution in [-0.4, -0.2) is 21.5 Å². The van der Waals surface area contributed by atoms with Crippen LogP contribution in [0.25, 0.3) is 11.0 Å². The first-order chi connectivity index (χ1) is 10.8. The summed E-state index contributed by atoms with van der Waals surface area (Å²) < 4.78 is 2.08. The number of nitrogens with one attached hydrogen (secondary N) is 1. The van der Waals surface area contributed by atoms with Crippen molar-refractivity contribution in [1.29, 1.82) is 0 Å². The fourth-order valence-electron chi connectivity index (χ4n) is 3.38. The first-order valence-corrected chi connectivity index (χ1v) is 8.51. The molecule has 1 aromatic heterocycles. The third-order valence-electron chi connectivity index (χ3n) is 4.48. The Labute approximate surface area is 131 Å². The summed E-state index contributed by atoms with van der Waals surface area (Å²) in [4.78, 5) is 17.1. The Hall–Kier alpha value is -1.84. The molecule has 1 saturated carbocycles. The van der Waals surface area contributed by atoms with E-state index in [1.807, 2.05) is 18.2 Å². The normalized spacial score (nSPS) is 16.0. The number of fused-ring (bicyclic) bond motifs is 1. The largest absolute Gasteiger partial charge is 0.352 e. The molecule has 4 heteroatoms. The van der Waals surface area contributed by atoms with Crippen LogP contribution >= 0.6 is 0 Å². The van der Waals surface area contributed by atoms with Crippen LogP contribution in [0, 0.1) is 0 Å². The van der Waals surface area contributed by atoms with Crippen molar-refractivity contribution in [2.75, 3.05) is 0 Å². The van der Waals surface area contributed by atoms with Crippen LogP contribution in [0.2, 0.25) is 0 Å². The summed E-state index contributed by atoms with van der Waals surface area (Å²) in [5.41, 5.74) is 2.04. The van der Waals surface area contributed by atoms with Crippen molar-refractivity contribution in [3.05, 3.63) is 30.1 Å². The maximum absolute atomic E-state index is 12.4. The summed E-state index contributed by atoms with van der Waals surface area (Å²) in [6.07, 6.45) is 7.97. The highest BCUT2D eigenvalue weighted by atomic mass is 16.2. The molecule has 0 atom stereocenters. The van der Waals surface area contributed by atoms with Crippen molar-refractivity contribution in [3.63, 3.8) is 0 Å². The number of imidazole rings is 1. The molecule has 1 amide bonds. The van der Waals surface area contributed by atoms with Crippen LogP contribution in [0.1, 0.15) is 51.3 Å². The molecule has 0 aliphatic heterocycles. The third kappa shape index (κ3) is 3.32. The Kier molecular flexibility index (Phi) is 4.76. The van der Waals surface area contributed by atoms with Gasteiger partial charge in [0.1, 0.15) is 12.4 Å². The molecular weight excluding hydrogens is 274 g/mol. The quantitative estimate of drug-likeness (QED) is 0.919. The highest BCUT2D eigenvalue weighted by molar-refractivity contribution is 5.81. The maximum Gasteiger partial charge on any atom is 0.240 e. The molecule has 22 heavy (non-hydrogen) atoms. The highest BCUT2D eigenvalue weighted by Crippen LogP contribution is 2.19. The topological polar surface area (TPSA) is 46.9 Å². The monoisotopic (exact) mass is 299 g/mol. The first-order valence-electron chi connectivity index (χ1n) is 8.51. The lowest BCUT2D eigenvalue weighted by atomic mass is 9.95. The van der Waals surface area contributed by atoms with Crippen molar-refractivity contribution in [2.45, 2.75) is 64.5 Å². The van der Waals surface area contributed by atoms with Crippen molar-refractivity contribution in [2.24, 2.45) is 0 Å². The zero-order chi connectivity index (χ0) is 15.4. The molecule has 3 rings (SSSR count). The van der Waals surface area contributed by atoms with Gasteiger partial charge in [-0.15, -0.1) is 0 Å². The molecule has 1 aromatic carbocycles. The van der Waals surface area contributed by atoms with Gasteiger partial charge in [-0.05, 0) is 31.4 Å².